The SMILES string of the molecule is CCCCCCCCCCCCCCCCOP(OCCCCCCCCCCCCCCCC)Oc1cc(C)c(C(CC(C)c2cc(C(C)(C)C)c(OP(Oc3ccc(CCCCCCCCC)cc3)Oc3ccc(CCCCCCCCC)cc3)cc2C)c2cc(C(C)(C)C)c(OP(OCCCCCCCCCCCCCCCC)Oc3ccc(CCCCCCCCC)cc3)cc2C)cc1C(C)(C)C. The number of rotatable bonds is 89. The molecule has 0 aromatic heterocycles. The van der Waals surface area contributed by atoms with Gasteiger partial charge in [-0.15, -0.1) is 0 Å². The molecule has 142 heavy (non-hydrogen) atoms. The van der Waals surface area contributed by atoms with Gasteiger partial charge >= 0.3 is 25.8 Å². The average Bonchev–Trinajstić information content (AvgIpc) is 0.761. The number of unbranched alkanes of at least 4 members (excludes halogenated alkanes) is 57. The first-order valence-corrected chi connectivity index (χ1v) is 63.3. The topological polar surface area (TPSA) is 83.1 Å². The average molecular weight is 2020 g/mol. The van der Waals surface area contributed by atoms with Gasteiger partial charge < -0.3 is 36.2 Å². The van der Waals surface area contributed by atoms with Gasteiger partial charge in [-0.05, 0) is 212 Å². The highest BCUT2D eigenvalue weighted by Gasteiger charge is 2.35. The summed E-state index contributed by atoms with van der Waals surface area (Å²) in [7, 11) is -5.54. The van der Waals surface area contributed by atoms with E-state index in [4.69, 9.17) is 40.7 Å². The first kappa shape index (κ1) is 126. The molecule has 0 saturated carbocycles. The van der Waals surface area contributed by atoms with Crippen LogP contribution in [0.4, 0.5) is 0 Å². The van der Waals surface area contributed by atoms with Crippen LogP contribution in [0, 0.1) is 20.8 Å². The van der Waals surface area contributed by atoms with Gasteiger partial charge in [0.2, 0.25) is 0 Å². The zero-order valence-corrected chi connectivity index (χ0v) is 98.2. The number of hydrogen-bond acceptors (Lipinski definition) is 9. The molecule has 0 aliphatic rings. The number of benzene rings is 6. The van der Waals surface area contributed by atoms with Crippen molar-refractivity contribution < 1.29 is 40.7 Å². The van der Waals surface area contributed by atoms with E-state index in [2.05, 4.69) is 241 Å². The Morgan fingerprint density at radius 2 is 0.415 bits per heavy atom. The summed E-state index contributed by atoms with van der Waals surface area (Å²) in [5.74, 6) is 4.72. The Bertz CT molecular complexity index is 3970. The second-order valence-corrected chi connectivity index (χ2v) is 49.3. The lowest BCUT2D eigenvalue weighted by Gasteiger charge is -2.33. The van der Waals surface area contributed by atoms with Gasteiger partial charge in [0.1, 0.15) is 34.5 Å². The summed E-state index contributed by atoms with van der Waals surface area (Å²) in [6.45, 7) is 46.1. The molecule has 0 N–H and O–H groups in total. The van der Waals surface area contributed by atoms with Crippen LogP contribution in [-0.2, 0) is 49.1 Å². The van der Waals surface area contributed by atoms with E-state index < -0.39 is 25.8 Å². The fourth-order valence-corrected chi connectivity index (χ4v) is 23.4. The van der Waals surface area contributed by atoms with E-state index in [1.165, 1.54) is 416 Å². The largest absolute Gasteiger partial charge is 0.530 e. The maximum absolute atomic E-state index is 7.41. The molecule has 9 nitrogen and oxygen atoms in total. The number of aryl methyl sites for hydroxylation is 6. The van der Waals surface area contributed by atoms with Crippen molar-refractivity contribution in [3.05, 3.63) is 176 Å². The van der Waals surface area contributed by atoms with E-state index in [-0.39, 0.29) is 28.1 Å². The highest BCUT2D eigenvalue weighted by atomic mass is 31.2. The summed E-state index contributed by atoms with van der Waals surface area (Å²) in [6.07, 6.45) is 86.4. The zero-order valence-electron chi connectivity index (χ0n) is 95.6. The standard InChI is InChI=1S/C130H217O9P3/c1-20-26-32-38-44-47-50-53-56-59-62-68-74-80-98-131-140(132-99-81-75-69-63-60-57-54-51-48-45-39-33-27-21-2)137-125-103-110(9)119(106-123(125)129(14,15)16)121(120-107-124(130(17,18)19)126(104-111(120)10)138-141(133-100-82-76-70-64-61-58-55-52-49-46-40-34-28-22-3)134-115-92-86-112(87-93-115)83-77-71-65-41-35-29-23-4)101-108(7)118-105-122(128(11,12)13)127(102-109(118)8)139-142(135-116-94-88-113(89-95-116)84-78-72-66-42-36-30-24-5)136-117-96-90-114(91-97-117)85-79-73-67-43-37-31-25-6/h86-97,102-108,121H,20-85,98-101H2,1-19H3. The molecule has 6 aromatic rings. The van der Waals surface area contributed by atoms with Gasteiger partial charge in [0, 0.05) is 22.6 Å². The van der Waals surface area contributed by atoms with Crippen molar-refractivity contribution in [3.8, 4) is 34.5 Å². The minimum atomic E-state index is -1.98. The fourth-order valence-electron chi connectivity index (χ4n) is 20.3. The summed E-state index contributed by atoms with van der Waals surface area (Å²) in [5.41, 5.74) is 13.8. The van der Waals surface area contributed by atoms with Crippen molar-refractivity contribution >= 4 is 25.8 Å². The lowest BCUT2D eigenvalue weighted by molar-refractivity contribution is 0.197. The normalized spacial score (nSPS) is 12.7. The minimum absolute atomic E-state index is 0.0704. The Morgan fingerprint density at radius 1 is 0.218 bits per heavy atom. The third kappa shape index (κ3) is 55.7. The molecule has 0 radical (unpaired) electrons. The minimum Gasteiger partial charge on any atom is -0.426 e. The van der Waals surface area contributed by atoms with Crippen LogP contribution >= 0.6 is 25.8 Å². The first-order chi connectivity index (χ1) is 68.9. The van der Waals surface area contributed by atoms with Crippen molar-refractivity contribution in [1.29, 1.82) is 0 Å². The molecule has 6 rings (SSSR count). The van der Waals surface area contributed by atoms with E-state index in [1.54, 1.807) is 0 Å². The van der Waals surface area contributed by atoms with Gasteiger partial charge in [0.25, 0.3) is 0 Å². The molecule has 3 unspecified atom stereocenters. The molecule has 0 aliphatic carbocycles. The van der Waals surface area contributed by atoms with Crippen LogP contribution in [0.5, 0.6) is 34.5 Å². The van der Waals surface area contributed by atoms with Crippen molar-refractivity contribution in [2.45, 2.75) is 590 Å². The van der Waals surface area contributed by atoms with Crippen molar-refractivity contribution in [3.63, 3.8) is 0 Å². The predicted octanol–water partition coefficient (Wildman–Crippen LogP) is 45.3. The summed E-state index contributed by atoms with van der Waals surface area (Å²) in [5, 5.41) is 0. The van der Waals surface area contributed by atoms with E-state index >= 15 is 0 Å². The monoisotopic (exact) mass is 2020 g/mol. The van der Waals surface area contributed by atoms with E-state index in [1.807, 2.05) is 0 Å². The second-order valence-electron chi connectivity index (χ2n) is 46.1. The van der Waals surface area contributed by atoms with Gasteiger partial charge in [-0.1, -0.05) is 531 Å². The van der Waals surface area contributed by atoms with Crippen LogP contribution in [-0.4, -0.2) is 19.8 Å². The van der Waals surface area contributed by atoms with E-state index in [0.717, 1.165) is 115 Å². The Kier molecular flexibility index (Phi) is 68.8. The molecule has 0 fully saturated rings. The van der Waals surface area contributed by atoms with Crippen LogP contribution in [0.25, 0.3) is 0 Å². The summed E-state index contributed by atoms with van der Waals surface area (Å²) in [6, 6.07) is 40.7. The Hall–Kier alpha value is -4.71. The zero-order chi connectivity index (χ0) is 102. The lowest BCUT2D eigenvalue weighted by Crippen LogP contribution is -2.19. The van der Waals surface area contributed by atoms with Crippen LogP contribution < -0.4 is 27.1 Å². The van der Waals surface area contributed by atoms with Gasteiger partial charge in [-0.25, -0.2) is 0 Å². The fraction of sp³-hybridized carbons (Fsp3) is 0.723. The highest BCUT2D eigenvalue weighted by molar-refractivity contribution is 7.43. The molecule has 0 saturated heterocycles. The van der Waals surface area contributed by atoms with Gasteiger partial charge in [-0.3, -0.25) is 4.52 Å². The molecule has 12 heteroatoms. The Balaban J connectivity index is 1.41. The quantitative estimate of drug-likeness (QED) is 0.0274. The van der Waals surface area contributed by atoms with Crippen molar-refractivity contribution in [2.24, 2.45) is 0 Å². The molecule has 6 aromatic carbocycles. The van der Waals surface area contributed by atoms with Crippen molar-refractivity contribution in [1.82, 2.24) is 0 Å². The lowest BCUT2D eigenvalue weighted by atomic mass is 9.74. The molecule has 0 heterocycles. The van der Waals surface area contributed by atoms with Crippen LogP contribution in [0.1, 0.15) is 600 Å². The molecular weight excluding hydrogens is 1800 g/mol. The highest BCUT2D eigenvalue weighted by Crippen LogP contribution is 2.53. The predicted molar refractivity (Wildman–Crippen MR) is 622 cm³/mol. The first-order valence-electron chi connectivity index (χ1n) is 60.0. The third-order valence-corrected chi connectivity index (χ3v) is 32.8. The maximum Gasteiger partial charge on any atom is 0.530 e. The van der Waals surface area contributed by atoms with E-state index in [0.29, 0.717) is 19.8 Å². The summed E-state index contributed by atoms with van der Waals surface area (Å²) >= 11 is 0. The van der Waals surface area contributed by atoms with Crippen LogP contribution in [0.2, 0.25) is 0 Å². The third-order valence-electron chi connectivity index (χ3n) is 29.5. The van der Waals surface area contributed by atoms with Crippen molar-refractivity contribution in [2.75, 3.05) is 19.8 Å². The maximum atomic E-state index is 7.41. The summed E-state index contributed by atoms with van der Waals surface area (Å²) < 4.78 is 63.9. The molecular formula is C130H217O9P3. The second kappa shape index (κ2) is 77.6. The molecule has 0 spiro atoms. The van der Waals surface area contributed by atoms with Crippen LogP contribution in [0.15, 0.2) is 109 Å². The molecule has 0 bridgehead atoms. The number of hydrogen-bond donors (Lipinski definition) is 0. The Labute approximate surface area is 880 Å². The molecule has 0 aliphatic heterocycles. The van der Waals surface area contributed by atoms with Gasteiger partial charge in [-0.2, -0.15) is 0 Å². The smallest absolute Gasteiger partial charge is 0.426 e. The molecule has 0 amide bonds. The van der Waals surface area contributed by atoms with Gasteiger partial charge in [0.15, 0.2) is 0 Å². The van der Waals surface area contributed by atoms with E-state index in [9.17, 15) is 0 Å². The van der Waals surface area contributed by atoms with Crippen LogP contribution in [0.3, 0.4) is 0 Å². The molecule has 3 atom stereocenters. The molecule has 806 valence electrons. The van der Waals surface area contributed by atoms with Gasteiger partial charge in [0.05, 0.1) is 19.8 Å². The Morgan fingerprint density at radius 3 is 0.662 bits per heavy atom. The summed E-state index contributed by atoms with van der Waals surface area (Å²) in [4.78, 5) is 0.